The first-order chi connectivity index (χ1) is 10.9. The van der Waals surface area contributed by atoms with Crippen molar-refractivity contribution in [3.63, 3.8) is 0 Å². The molecule has 23 heavy (non-hydrogen) atoms. The van der Waals surface area contributed by atoms with Gasteiger partial charge in [-0.15, -0.1) is 16.4 Å². The van der Waals surface area contributed by atoms with E-state index in [9.17, 15) is 13.2 Å². The smallest absolute Gasteiger partial charge is 0.322 e. The molecule has 0 saturated carbocycles. The molecule has 0 saturated heterocycles. The van der Waals surface area contributed by atoms with Crippen LogP contribution in [-0.2, 0) is 9.84 Å². The summed E-state index contributed by atoms with van der Waals surface area (Å²) in [6.45, 7) is 0. The van der Waals surface area contributed by atoms with Crippen LogP contribution in [0.2, 0.25) is 0 Å². The van der Waals surface area contributed by atoms with Crippen LogP contribution in [0.5, 0.6) is 0 Å². The molecule has 1 aromatic carbocycles. The lowest BCUT2D eigenvalue weighted by Gasteiger charge is -2.03. The van der Waals surface area contributed by atoms with Gasteiger partial charge in [0.15, 0.2) is 9.84 Å². The Morgan fingerprint density at radius 3 is 2.65 bits per heavy atom. The van der Waals surface area contributed by atoms with Gasteiger partial charge in [-0.05, 0) is 23.6 Å². The minimum absolute atomic E-state index is 0.0208. The Hall–Kier alpha value is -2.52. The van der Waals surface area contributed by atoms with E-state index in [0.717, 1.165) is 6.26 Å². The van der Waals surface area contributed by atoms with Gasteiger partial charge in [-0.25, -0.2) is 8.42 Å². The van der Waals surface area contributed by atoms with E-state index in [1.54, 1.807) is 35.7 Å². The maximum absolute atomic E-state index is 11.9. The summed E-state index contributed by atoms with van der Waals surface area (Å²) < 4.78 is 29.0. The number of benzene rings is 1. The second kappa shape index (κ2) is 5.94. The Morgan fingerprint density at radius 1 is 1.17 bits per heavy atom. The van der Waals surface area contributed by atoms with Gasteiger partial charge in [0.1, 0.15) is 0 Å². The fourth-order valence-corrected chi connectivity index (χ4v) is 3.42. The Bertz CT molecular complexity index is 946. The molecule has 0 spiro atoms. The highest BCUT2D eigenvalue weighted by molar-refractivity contribution is 7.90. The van der Waals surface area contributed by atoms with Gasteiger partial charge in [0.05, 0.1) is 15.3 Å². The third-order valence-corrected chi connectivity index (χ3v) is 4.93. The number of carbonyl (C=O) groups is 1. The molecular weight excluding hydrogens is 338 g/mol. The third kappa shape index (κ3) is 3.30. The van der Waals surface area contributed by atoms with Crippen molar-refractivity contribution in [1.29, 1.82) is 0 Å². The largest absolute Gasteiger partial charge is 0.403 e. The maximum atomic E-state index is 11.9. The van der Waals surface area contributed by atoms with Crippen molar-refractivity contribution in [2.75, 3.05) is 11.6 Å². The highest BCUT2D eigenvalue weighted by Gasteiger charge is 2.19. The Morgan fingerprint density at radius 2 is 1.96 bits per heavy atom. The average Bonchev–Trinajstić information content (AvgIpc) is 3.18. The van der Waals surface area contributed by atoms with Crippen LogP contribution < -0.4 is 5.32 Å². The number of carbonyl (C=O) groups excluding carboxylic acids is 1. The molecule has 1 N–H and O–H groups in total. The number of nitrogens with zero attached hydrogens (tertiary/aromatic N) is 2. The number of hydrogen-bond acceptors (Lipinski definition) is 7. The Labute approximate surface area is 135 Å². The first-order valence-electron chi connectivity index (χ1n) is 6.43. The van der Waals surface area contributed by atoms with E-state index in [2.05, 4.69) is 15.5 Å². The van der Waals surface area contributed by atoms with E-state index in [1.165, 1.54) is 17.4 Å². The van der Waals surface area contributed by atoms with E-state index in [4.69, 9.17) is 4.42 Å². The van der Waals surface area contributed by atoms with Gasteiger partial charge >= 0.3 is 6.01 Å². The number of sulfone groups is 1. The van der Waals surface area contributed by atoms with E-state index >= 15 is 0 Å². The van der Waals surface area contributed by atoms with Crippen LogP contribution in [0, 0.1) is 0 Å². The van der Waals surface area contributed by atoms with Crippen LogP contribution >= 0.6 is 11.3 Å². The van der Waals surface area contributed by atoms with Gasteiger partial charge in [-0.1, -0.05) is 23.3 Å². The maximum Gasteiger partial charge on any atom is 0.322 e. The fraction of sp³-hybridized carbons (Fsp3) is 0.0714. The van der Waals surface area contributed by atoms with Crippen molar-refractivity contribution in [3.8, 4) is 11.5 Å². The number of rotatable bonds is 4. The molecule has 0 fully saturated rings. The van der Waals surface area contributed by atoms with Crippen molar-refractivity contribution < 1.29 is 17.6 Å². The molecule has 118 valence electrons. The molecule has 0 aliphatic carbocycles. The van der Waals surface area contributed by atoms with Gasteiger partial charge in [-0.3, -0.25) is 10.1 Å². The normalized spacial score (nSPS) is 11.3. The van der Waals surface area contributed by atoms with E-state index in [-0.39, 0.29) is 22.7 Å². The van der Waals surface area contributed by atoms with E-state index < -0.39 is 9.84 Å². The summed E-state index contributed by atoms with van der Waals surface area (Å²) in [5, 5.41) is 11.8. The lowest BCUT2D eigenvalue weighted by molar-refractivity contribution is 0.102. The van der Waals surface area contributed by atoms with Gasteiger partial charge in [-0.2, -0.15) is 0 Å². The highest BCUT2D eigenvalue weighted by Crippen LogP contribution is 2.27. The summed E-state index contributed by atoms with van der Waals surface area (Å²) >= 11 is 1.28. The van der Waals surface area contributed by atoms with Crippen LogP contribution in [-0.4, -0.2) is 30.8 Å². The minimum atomic E-state index is -3.44. The Kier molecular flexibility index (Phi) is 3.97. The summed E-state index contributed by atoms with van der Waals surface area (Å²) in [5.41, 5.74) is 0.291. The van der Waals surface area contributed by atoms with E-state index in [0.29, 0.717) is 10.4 Å². The number of amides is 1. The quantitative estimate of drug-likeness (QED) is 0.776. The molecule has 0 radical (unpaired) electrons. The van der Waals surface area contributed by atoms with Crippen LogP contribution in [0.4, 0.5) is 6.01 Å². The molecule has 0 atom stereocenters. The SMILES string of the molecule is CS(=O)(=O)c1ccccc1-c1nnc(NC(=O)c2cccs2)o1. The molecule has 1 amide bonds. The molecule has 7 nitrogen and oxygen atoms in total. The molecule has 0 aliphatic rings. The van der Waals surface area contributed by atoms with Crippen molar-refractivity contribution >= 4 is 33.1 Å². The molecule has 9 heteroatoms. The lowest BCUT2D eigenvalue weighted by atomic mass is 10.2. The van der Waals surface area contributed by atoms with Gasteiger partial charge in [0.2, 0.25) is 0 Å². The molecule has 0 unspecified atom stereocenters. The Balaban J connectivity index is 1.90. The van der Waals surface area contributed by atoms with Gasteiger partial charge in [0, 0.05) is 6.26 Å². The highest BCUT2D eigenvalue weighted by atomic mass is 32.2. The predicted molar refractivity (Wildman–Crippen MR) is 85.1 cm³/mol. The molecule has 0 aliphatic heterocycles. The minimum Gasteiger partial charge on any atom is -0.403 e. The van der Waals surface area contributed by atoms with Crippen molar-refractivity contribution in [2.45, 2.75) is 4.90 Å². The van der Waals surface area contributed by atoms with Crippen LogP contribution in [0.1, 0.15) is 9.67 Å². The third-order valence-electron chi connectivity index (χ3n) is 2.91. The topological polar surface area (TPSA) is 102 Å². The number of thiophene rings is 1. The average molecular weight is 349 g/mol. The number of nitrogens with one attached hydrogen (secondary N) is 1. The first kappa shape index (κ1) is 15.4. The zero-order valence-electron chi connectivity index (χ0n) is 11.9. The second-order valence-corrected chi connectivity index (χ2v) is 7.54. The van der Waals surface area contributed by atoms with Crippen molar-refractivity contribution in [2.24, 2.45) is 0 Å². The summed E-state index contributed by atoms with van der Waals surface area (Å²) in [6.07, 6.45) is 1.10. The first-order valence-corrected chi connectivity index (χ1v) is 9.20. The van der Waals surface area contributed by atoms with Crippen molar-refractivity contribution in [3.05, 3.63) is 46.7 Å². The monoisotopic (exact) mass is 349 g/mol. The standard InChI is InChI=1S/C14H11N3O4S2/c1-23(19,20)11-7-3-2-5-9(11)13-16-17-14(21-13)15-12(18)10-6-4-8-22-10/h2-8H,1H3,(H,15,17,18). The predicted octanol–water partition coefficient (Wildman–Crippen LogP) is 2.45. The molecular formula is C14H11N3O4S2. The number of aromatic nitrogens is 2. The van der Waals surface area contributed by atoms with Crippen LogP contribution in [0.15, 0.2) is 51.1 Å². The summed E-state index contributed by atoms with van der Waals surface area (Å²) in [4.78, 5) is 12.5. The second-order valence-electron chi connectivity index (χ2n) is 4.61. The van der Waals surface area contributed by atoms with Crippen LogP contribution in [0.3, 0.4) is 0 Å². The zero-order chi connectivity index (χ0) is 16.4. The van der Waals surface area contributed by atoms with Crippen molar-refractivity contribution in [1.82, 2.24) is 10.2 Å². The number of hydrogen-bond donors (Lipinski definition) is 1. The molecule has 0 bridgehead atoms. The molecule has 2 heterocycles. The van der Waals surface area contributed by atoms with Gasteiger partial charge < -0.3 is 4.42 Å². The molecule has 3 rings (SSSR count). The van der Waals surface area contributed by atoms with E-state index in [1.807, 2.05) is 0 Å². The summed E-state index contributed by atoms with van der Waals surface area (Å²) in [7, 11) is -3.44. The lowest BCUT2D eigenvalue weighted by Crippen LogP contribution is -2.10. The molecule has 2 aromatic heterocycles. The summed E-state index contributed by atoms with van der Waals surface area (Å²) in [5.74, 6) is -0.348. The van der Waals surface area contributed by atoms with Crippen LogP contribution in [0.25, 0.3) is 11.5 Å². The fourth-order valence-electron chi connectivity index (χ4n) is 1.92. The molecule has 3 aromatic rings. The zero-order valence-corrected chi connectivity index (χ0v) is 13.5. The van der Waals surface area contributed by atoms with Gasteiger partial charge in [0.25, 0.3) is 11.8 Å². The number of anilines is 1. The summed E-state index contributed by atoms with van der Waals surface area (Å²) in [6, 6.07) is 9.61.